The van der Waals surface area contributed by atoms with Gasteiger partial charge < -0.3 is 5.32 Å². The van der Waals surface area contributed by atoms with Crippen molar-refractivity contribution in [3.63, 3.8) is 0 Å². The van der Waals surface area contributed by atoms with E-state index in [-0.39, 0.29) is 0 Å². The maximum atomic E-state index is 3.93. The monoisotopic (exact) mass is 193 g/mol. The molecule has 80 valence electrons. The Morgan fingerprint density at radius 2 is 1.86 bits per heavy atom. The number of rotatable bonds is 2. The number of nitrogens with one attached hydrogen (secondary N) is 1. The van der Waals surface area contributed by atoms with Crippen molar-refractivity contribution in [2.45, 2.75) is 58.0 Å². The number of hydrogen-bond acceptors (Lipinski definition) is 1. The molecule has 3 rings (SSSR count). The Morgan fingerprint density at radius 1 is 1.00 bits per heavy atom. The number of fused-ring (bicyclic) bond motifs is 1. The van der Waals surface area contributed by atoms with Gasteiger partial charge in [-0.15, -0.1) is 0 Å². The Kier molecular flexibility index (Phi) is 2.12. The fourth-order valence-electron chi connectivity index (χ4n) is 3.64. The van der Waals surface area contributed by atoms with E-state index in [2.05, 4.69) is 19.2 Å². The summed E-state index contributed by atoms with van der Waals surface area (Å²) in [5.74, 6) is 4.08. The molecule has 0 aromatic rings. The maximum absolute atomic E-state index is 3.93. The molecule has 0 radical (unpaired) electrons. The van der Waals surface area contributed by atoms with Gasteiger partial charge in [0.2, 0.25) is 0 Å². The summed E-state index contributed by atoms with van der Waals surface area (Å²) in [6, 6.07) is 1.75. The van der Waals surface area contributed by atoms with Gasteiger partial charge in [0.1, 0.15) is 0 Å². The summed E-state index contributed by atoms with van der Waals surface area (Å²) in [6.45, 7) is 4.81. The summed E-state index contributed by atoms with van der Waals surface area (Å²) >= 11 is 0. The molecular weight excluding hydrogens is 170 g/mol. The van der Waals surface area contributed by atoms with E-state index in [4.69, 9.17) is 0 Å². The van der Waals surface area contributed by atoms with Crippen LogP contribution in [0.25, 0.3) is 0 Å². The van der Waals surface area contributed by atoms with Gasteiger partial charge in [-0.1, -0.05) is 26.7 Å². The first kappa shape index (κ1) is 9.21. The summed E-state index contributed by atoms with van der Waals surface area (Å²) in [6.07, 6.45) is 7.43. The van der Waals surface area contributed by atoms with Crippen LogP contribution in [0.1, 0.15) is 46.0 Å². The summed E-state index contributed by atoms with van der Waals surface area (Å²) in [7, 11) is 0. The zero-order valence-electron chi connectivity index (χ0n) is 9.50. The topological polar surface area (TPSA) is 12.0 Å². The average Bonchev–Trinajstić information content (AvgIpc) is 2.96. The zero-order valence-corrected chi connectivity index (χ0v) is 9.50. The van der Waals surface area contributed by atoms with Gasteiger partial charge in [-0.2, -0.15) is 0 Å². The molecule has 0 saturated heterocycles. The molecule has 6 atom stereocenters. The second-order valence-electron chi connectivity index (χ2n) is 6.04. The molecule has 1 nitrogen and oxygen atoms in total. The lowest BCUT2D eigenvalue weighted by Crippen LogP contribution is -2.52. The normalized spacial score (nSPS) is 56.1. The standard InChI is InChI=1S/C13H23N/c1-8-6-13(9(8)2)14-12-5-3-4-10-7-11(10)12/h8-14H,3-7H2,1-2H3/t8?,9?,10-,11+,12?,13?/m1/s1. The zero-order chi connectivity index (χ0) is 9.71. The van der Waals surface area contributed by atoms with E-state index < -0.39 is 0 Å². The van der Waals surface area contributed by atoms with E-state index in [1.165, 1.54) is 32.1 Å². The van der Waals surface area contributed by atoms with E-state index in [0.717, 1.165) is 35.8 Å². The summed E-state index contributed by atoms with van der Waals surface area (Å²) < 4.78 is 0. The fraction of sp³-hybridized carbons (Fsp3) is 1.00. The van der Waals surface area contributed by atoms with Gasteiger partial charge in [0.05, 0.1) is 0 Å². The van der Waals surface area contributed by atoms with Crippen molar-refractivity contribution in [2.24, 2.45) is 23.7 Å². The predicted molar refractivity (Wildman–Crippen MR) is 59.1 cm³/mol. The first-order valence-electron chi connectivity index (χ1n) is 6.51. The molecule has 3 fully saturated rings. The van der Waals surface area contributed by atoms with Crippen LogP contribution in [0.2, 0.25) is 0 Å². The Labute approximate surface area is 87.7 Å². The second kappa shape index (κ2) is 3.23. The van der Waals surface area contributed by atoms with E-state index >= 15 is 0 Å². The highest BCUT2D eigenvalue weighted by atomic mass is 15.0. The van der Waals surface area contributed by atoms with E-state index in [9.17, 15) is 0 Å². The van der Waals surface area contributed by atoms with Gasteiger partial charge in [-0.3, -0.25) is 0 Å². The molecular formula is C13H23N. The van der Waals surface area contributed by atoms with Crippen LogP contribution in [-0.2, 0) is 0 Å². The van der Waals surface area contributed by atoms with Gasteiger partial charge in [0.15, 0.2) is 0 Å². The Bertz CT molecular complexity index is 225. The van der Waals surface area contributed by atoms with Crippen LogP contribution in [0.3, 0.4) is 0 Å². The highest BCUT2D eigenvalue weighted by molar-refractivity contribution is 5.01. The lowest BCUT2D eigenvalue weighted by atomic mass is 9.71. The SMILES string of the molecule is CC1CC(NC2CCC[C@@H]3C[C@H]23)C1C. The van der Waals surface area contributed by atoms with Crippen molar-refractivity contribution in [2.75, 3.05) is 0 Å². The third-order valence-corrected chi connectivity index (χ3v) is 5.17. The van der Waals surface area contributed by atoms with Gasteiger partial charge in [0, 0.05) is 12.1 Å². The minimum absolute atomic E-state index is 0.856. The van der Waals surface area contributed by atoms with E-state index in [0.29, 0.717) is 0 Å². The second-order valence-corrected chi connectivity index (χ2v) is 6.04. The molecule has 0 amide bonds. The highest BCUT2D eigenvalue weighted by Crippen LogP contribution is 2.50. The molecule has 1 heteroatoms. The predicted octanol–water partition coefficient (Wildman–Crippen LogP) is 2.81. The first-order chi connectivity index (χ1) is 6.75. The average molecular weight is 193 g/mol. The molecule has 14 heavy (non-hydrogen) atoms. The molecule has 0 spiro atoms. The van der Waals surface area contributed by atoms with Gasteiger partial charge in [-0.25, -0.2) is 0 Å². The molecule has 0 bridgehead atoms. The number of hydrogen-bond donors (Lipinski definition) is 1. The van der Waals surface area contributed by atoms with Crippen molar-refractivity contribution in [1.29, 1.82) is 0 Å². The van der Waals surface area contributed by atoms with Crippen LogP contribution in [-0.4, -0.2) is 12.1 Å². The lowest BCUT2D eigenvalue weighted by molar-refractivity contribution is 0.115. The van der Waals surface area contributed by atoms with Gasteiger partial charge in [0.25, 0.3) is 0 Å². The summed E-state index contributed by atoms with van der Waals surface area (Å²) in [5, 5.41) is 3.93. The molecule has 0 aromatic heterocycles. The molecule has 1 N–H and O–H groups in total. The Morgan fingerprint density at radius 3 is 2.57 bits per heavy atom. The third kappa shape index (κ3) is 1.41. The highest BCUT2D eigenvalue weighted by Gasteiger charge is 2.47. The largest absolute Gasteiger partial charge is 0.311 e. The van der Waals surface area contributed by atoms with Crippen molar-refractivity contribution >= 4 is 0 Å². The molecule has 3 aliphatic rings. The molecule has 3 saturated carbocycles. The van der Waals surface area contributed by atoms with Crippen LogP contribution >= 0.6 is 0 Å². The first-order valence-corrected chi connectivity index (χ1v) is 6.51. The third-order valence-electron chi connectivity index (χ3n) is 5.17. The van der Waals surface area contributed by atoms with E-state index in [1.54, 1.807) is 0 Å². The minimum atomic E-state index is 0.856. The summed E-state index contributed by atoms with van der Waals surface area (Å²) in [5.41, 5.74) is 0. The van der Waals surface area contributed by atoms with Gasteiger partial charge >= 0.3 is 0 Å². The van der Waals surface area contributed by atoms with Crippen molar-refractivity contribution in [3.8, 4) is 0 Å². The lowest BCUT2D eigenvalue weighted by Gasteiger charge is -2.44. The van der Waals surface area contributed by atoms with Crippen molar-refractivity contribution in [1.82, 2.24) is 5.32 Å². The fourth-order valence-corrected chi connectivity index (χ4v) is 3.64. The molecule has 0 aliphatic heterocycles. The van der Waals surface area contributed by atoms with Crippen molar-refractivity contribution in [3.05, 3.63) is 0 Å². The smallest absolute Gasteiger partial charge is 0.0101 e. The Balaban J connectivity index is 1.52. The van der Waals surface area contributed by atoms with Crippen LogP contribution in [0.5, 0.6) is 0 Å². The molecule has 0 heterocycles. The van der Waals surface area contributed by atoms with E-state index in [1.807, 2.05) is 0 Å². The Hall–Kier alpha value is -0.0400. The minimum Gasteiger partial charge on any atom is -0.311 e. The maximum Gasteiger partial charge on any atom is 0.0101 e. The van der Waals surface area contributed by atoms with Crippen molar-refractivity contribution < 1.29 is 0 Å². The molecule has 3 aliphatic carbocycles. The van der Waals surface area contributed by atoms with Crippen LogP contribution in [0.15, 0.2) is 0 Å². The van der Waals surface area contributed by atoms with Crippen LogP contribution in [0.4, 0.5) is 0 Å². The van der Waals surface area contributed by atoms with Gasteiger partial charge in [-0.05, 0) is 42.9 Å². The molecule has 0 aromatic carbocycles. The molecule has 4 unspecified atom stereocenters. The van der Waals surface area contributed by atoms with Crippen LogP contribution < -0.4 is 5.32 Å². The summed E-state index contributed by atoms with van der Waals surface area (Å²) in [4.78, 5) is 0. The van der Waals surface area contributed by atoms with Crippen LogP contribution in [0, 0.1) is 23.7 Å². The quantitative estimate of drug-likeness (QED) is 0.711.